The number of amides is 1. The number of halogens is 4. The summed E-state index contributed by atoms with van der Waals surface area (Å²) < 4.78 is 15.4. The molecule has 1 aromatic heterocycles. The summed E-state index contributed by atoms with van der Waals surface area (Å²) in [5, 5.41) is 20.5. The SMILES string of the molecule is CCC(F)(CC)CN(CC(=O)c1c(Cl)cncc1Cl)C(=O)C(C=N)C(Cl)N[C@H]1CC[C@](C)(C(=O)O)CC1. The van der Waals surface area contributed by atoms with Gasteiger partial charge in [0, 0.05) is 24.7 Å². The van der Waals surface area contributed by atoms with Crippen LogP contribution >= 0.6 is 34.8 Å². The number of alkyl halides is 2. The van der Waals surface area contributed by atoms with Crippen molar-refractivity contribution in [3.05, 3.63) is 28.0 Å². The number of carbonyl (C=O) groups excluding carboxylic acids is 2. The van der Waals surface area contributed by atoms with Gasteiger partial charge in [-0.3, -0.25) is 24.7 Å². The van der Waals surface area contributed by atoms with E-state index in [2.05, 4.69) is 10.3 Å². The maximum atomic E-state index is 15.4. The van der Waals surface area contributed by atoms with Gasteiger partial charge in [0.1, 0.15) is 11.6 Å². The maximum Gasteiger partial charge on any atom is 0.309 e. The Kier molecular flexibility index (Phi) is 11.3. The van der Waals surface area contributed by atoms with Crippen molar-refractivity contribution in [3.8, 4) is 0 Å². The first kappa shape index (κ1) is 31.4. The van der Waals surface area contributed by atoms with Crippen molar-refractivity contribution in [2.75, 3.05) is 13.1 Å². The second kappa shape index (κ2) is 13.3. The number of Topliss-reactive ketones (excluding diaryl/α,β-unsaturated/α-hetero) is 1. The normalized spacial score (nSPS) is 21.6. The summed E-state index contributed by atoms with van der Waals surface area (Å²) in [6.07, 6.45) is 5.55. The first-order valence-electron chi connectivity index (χ1n) is 12.2. The Hall–Kier alpha value is -1.81. The molecule has 1 heterocycles. The fraction of sp³-hybridized carbons (Fsp3) is 0.640. The summed E-state index contributed by atoms with van der Waals surface area (Å²) in [5.74, 6) is -3.32. The predicted molar refractivity (Wildman–Crippen MR) is 143 cm³/mol. The van der Waals surface area contributed by atoms with E-state index >= 15 is 4.39 Å². The highest BCUT2D eigenvalue weighted by molar-refractivity contribution is 6.39. The first-order valence-corrected chi connectivity index (χ1v) is 13.4. The fourth-order valence-corrected chi connectivity index (χ4v) is 5.35. The molecule has 1 amide bonds. The Morgan fingerprint density at radius 1 is 1.27 bits per heavy atom. The molecule has 2 rings (SSSR count). The quantitative estimate of drug-likeness (QED) is 0.125. The highest BCUT2D eigenvalue weighted by Crippen LogP contribution is 2.36. The van der Waals surface area contributed by atoms with Crippen LogP contribution in [0.4, 0.5) is 4.39 Å². The molecule has 2 atom stereocenters. The van der Waals surface area contributed by atoms with Crippen molar-refractivity contribution in [3.63, 3.8) is 0 Å². The molecule has 1 aliphatic rings. The van der Waals surface area contributed by atoms with E-state index in [0.29, 0.717) is 25.7 Å². The van der Waals surface area contributed by atoms with Gasteiger partial charge in [-0.25, -0.2) is 4.39 Å². The molecule has 1 aromatic rings. The van der Waals surface area contributed by atoms with E-state index < -0.39 is 46.7 Å². The van der Waals surface area contributed by atoms with Crippen LogP contribution in [0.3, 0.4) is 0 Å². The van der Waals surface area contributed by atoms with Gasteiger partial charge in [0.15, 0.2) is 5.78 Å². The number of aliphatic carboxylic acids is 1. The van der Waals surface area contributed by atoms with E-state index in [4.69, 9.17) is 40.2 Å². The largest absolute Gasteiger partial charge is 0.481 e. The Morgan fingerprint density at radius 2 is 1.81 bits per heavy atom. The van der Waals surface area contributed by atoms with Gasteiger partial charge in [-0.15, -0.1) is 11.6 Å². The molecular weight excluding hydrogens is 546 g/mol. The van der Waals surface area contributed by atoms with Crippen LogP contribution in [-0.4, -0.2) is 69.2 Å². The third kappa shape index (κ3) is 7.85. The van der Waals surface area contributed by atoms with Gasteiger partial charge in [0.2, 0.25) is 5.91 Å². The molecule has 1 aliphatic carbocycles. The monoisotopic (exact) mass is 578 g/mol. The van der Waals surface area contributed by atoms with E-state index in [0.717, 1.165) is 11.1 Å². The zero-order valence-corrected chi connectivity index (χ0v) is 23.5. The summed E-state index contributed by atoms with van der Waals surface area (Å²) in [4.78, 5) is 43.1. The highest BCUT2D eigenvalue weighted by atomic mass is 35.5. The zero-order valence-electron chi connectivity index (χ0n) is 21.2. The molecule has 2 unspecified atom stereocenters. The summed E-state index contributed by atoms with van der Waals surface area (Å²) >= 11 is 18.8. The van der Waals surface area contributed by atoms with Gasteiger partial charge in [-0.2, -0.15) is 0 Å². The molecule has 0 aromatic carbocycles. The number of carboxylic acid groups (broad SMARTS) is 1. The second-order valence-corrected chi connectivity index (χ2v) is 11.1. The van der Waals surface area contributed by atoms with Gasteiger partial charge in [-0.05, 0) is 45.4 Å². The fourth-order valence-electron chi connectivity index (χ4n) is 4.41. The van der Waals surface area contributed by atoms with Gasteiger partial charge in [-0.1, -0.05) is 37.0 Å². The van der Waals surface area contributed by atoms with Crippen LogP contribution in [0.2, 0.25) is 10.0 Å². The summed E-state index contributed by atoms with van der Waals surface area (Å²) in [6, 6.07) is -0.152. The summed E-state index contributed by atoms with van der Waals surface area (Å²) in [6.45, 7) is 4.12. The molecule has 0 spiro atoms. The van der Waals surface area contributed by atoms with Crippen LogP contribution in [0.1, 0.15) is 69.7 Å². The minimum atomic E-state index is -1.76. The van der Waals surface area contributed by atoms with Gasteiger partial charge < -0.3 is 15.4 Å². The lowest BCUT2D eigenvalue weighted by Crippen LogP contribution is -2.52. The van der Waals surface area contributed by atoms with E-state index in [1.807, 2.05) is 0 Å². The topological polar surface area (TPSA) is 123 Å². The van der Waals surface area contributed by atoms with Crippen LogP contribution in [0.25, 0.3) is 0 Å². The molecule has 37 heavy (non-hydrogen) atoms. The van der Waals surface area contributed by atoms with Gasteiger partial charge in [0.05, 0.1) is 39.6 Å². The molecule has 0 radical (unpaired) electrons. The van der Waals surface area contributed by atoms with Gasteiger partial charge >= 0.3 is 5.97 Å². The minimum Gasteiger partial charge on any atom is -0.481 e. The molecule has 3 N–H and O–H groups in total. The van der Waals surface area contributed by atoms with Crippen LogP contribution < -0.4 is 5.32 Å². The number of nitrogens with one attached hydrogen (secondary N) is 2. The average molecular weight is 580 g/mol. The molecule has 1 saturated carbocycles. The highest BCUT2D eigenvalue weighted by Gasteiger charge is 2.40. The predicted octanol–water partition coefficient (Wildman–Crippen LogP) is 5.38. The van der Waals surface area contributed by atoms with Crippen molar-refractivity contribution in [2.24, 2.45) is 11.3 Å². The number of hydrogen-bond donors (Lipinski definition) is 3. The zero-order chi connectivity index (χ0) is 28.0. The standard InChI is InChI=1S/C25H34Cl3FN4O4/c1-4-25(29,5-2)14-33(13-19(34)20-17(26)11-31-12-18(20)27)22(35)16(10-30)21(28)32-15-6-8-24(3,9-7-15)23(36)37/h10-12,15-16,21,30,32H,4-9,13-14H2,1-3H3,(H,36,37)/t15-,16?,21?,24-. The molecule has 0 aliphatic heterocycles. The Balaban J connectivity index is 2.23. The number of carboxylic acids is 1. The molecule has 8 nitrogen and oxygen atoms in total. The lowest BCUT2D eigenvalue weighted by atomic mass is 9.74. The lowest BCUT2D eigenvalue weighted by molar-refractivity contribution is -0.150. The van der Waals surface area contributed by atoms with Crippen molar-refractivity contribution in [1.82, 2.24) is 15.2 Å². The van der Waals surface area contributed by atoms with E-state index in [1.54, 1.807) is 20.8 Å². The van der Waals surface area contributed by atoms with Crippen molar-refractivity contribution in [2.45, 2.75) is 76.5 Å². The third-order valence-corrected chi connectivity index (χ3v) is 8.27. The summed E-state index contributed by atoms with van der Waals surface area (Å²) in [5.41, 5.74) is -3.61. The lowest BCUT2D eigenvalue weighted by Gasteiger charge is -2.37. The van der Waals surface area contributed by atoms with Crippen LogP contribution in [0.15, 0.2) is 12.4 Å². The number of hydrogen-bond acceptors (Lipinski definition) is 6. The van der Waals surface area contributed by atoms with E-state index in [-0.39, 0.29) is 41.0 Å². The number of aromatic nitrogens is 1. The van der Waals surface area contributed by atoms with Crippen LogP contribution in [-0.2, 0) is 9.59 Å². The molecule has 206 valence electrons. The third-order valence-electron chi connectivity index (χ3n) is 7.30. The molecular formula is C25H34Cl3FN4O4. The van der Waals surface area contributed by atoms with Gasteiger partial charge in [0.25, 0.3) is 0 Å². The summed E-state index contributed by atoms with van der Waals surface area (Å²) in [7, 11) is 0. The second-order valence-electron chi connectivity index (χ2n) is 9.85. The van der Waals surface area contributed by atoms with Crippen molar-refractivity contribution < 1.29 is 23.9 Å². The molecule has 0 saturated heterocycles. The molecule has 12 heteroatoms. The maximum absolute atomic E-state index is 15.4. The number of rotatable bonds is 13. The Labute approximate surface area is 231 Å². The van der Waals surface area contributed by atoms with Crippen molar-refractivity contribution in [1.29, 1.82) is 5.41 Å². The number of pyridine rings is 1. The van der Waals surface area contributed by atoms with Crippen molar-refractivity contribution >= 4 is 58.7 Å². The van der Waals surface area contributed by atoms with E-state index in [9.17, 15) is 19.5 Å². The average Bonchev–Trinajstić information content (AvgIpc) is 2.85. The van der Waals surface area contributed by atoms with E-state index in [1.165, 1.54) is 12.4 Å². The Bertz CT molecular complexity index is 980. The molecule has 1 fully saturated rings. The van der Waals surface area contributed by atoms with Crippen LogP contribution in [0, 0.1) is 16.7 Å². The number of nitrogens with zero attached hydrogens (tertiary/aromatic N) is 2. The molecule has 0 bridgehead atoms. The number of ketones is 1. The Morgan fingerprint density at radius 3 is 2.27 bits per heavy atom. The van der Waals surface area contributed by atoms with Crippen LogP contribution in [0.5, 0.6) is 0 Å². The first-order chi connectivity index (χ1) is 17.3. The minimum absolute atomic E-state index is 0.00791. The smallest absolute Gasteiger partial charge is 0.309 e. The number of carbonyl (C=O) groups is 3.